The van der Waals surface area contributed by atoms with Crippen LogP contribution in [0.5, 0.6) is 0 Å². The lowest BCUT2D eigenvalue weighted by molar-refractivity contribution is 0.0488. The first-order valence-corrected chi connectivity index (χ1v) is 13.3. The number of anilines is 3. The highest BCUT2D eigenvalue weighted by molar-refractivity contribution is 7.98. The fraction of sp³-hybridized carbons (Fsp3) is 0.440. The number of hydrogen-bond acceptors (Lipinski definition) is 10. The molecule has 0 bridgehead atoms. The maximum absolute atomic E-state index is 12.4. The molecule has 0 radical (unpaired) electrons. The SMILES string of the molecule is CSc1nc(N[C@@H]2CCCC[C@@H]2NC(=O)OC(C)(C)C)nc(Nc2cccc(-n3nccn3)c2)c1C#N. The van der Waals surface area contributed by atoms with Crippen molar-refractivity contribution in [1.82, 2.24) is 30.3 Å². The van der Waals surface area contributed by atoms with Crippen molar-refractivity contribution in [3.8, 4) is 11.8 Å². The number of nitrogens with one attached hydrogen (secondary N) is 3. The Morgan fingerprint density at radius 2 is 1.89 bits per heavy atom. The molecule has 2 aromatic heterocycles. The summed E-state index contributed by atoms with van der Waals surface area (Å²) in [4.78, 5) is 23.2. The van der Waals surface area contributed by atoms with Crippen LogP contribution in [0.15, 0.2) is 41.7 Å². The van der Waals surface area contributed by atoms with E-state index in [1.165, 1.54) is 16.6 Å². The van der Waals surface area contributed by atoms with Gasteiger partial charge in [0.1, 0.15) is 22.3 Å². The van der Waals surface area contributed by atoms with Crippen molar-refractivity contribution in [3.63, 3.8) is 0 Å². The monoisotopic (exact) mass is 521 g/mol. The van der Waals surface area contributed by atoms with Crippen molar-refractivity contribution in [1.29, 1.82) is 5.26 Å². The number of benzene rings is 1. The number of carbonyl (C=O) groups is 1. The van der Waals surface area contributed by atoms with E-state index < -0.39 is 11.7 Å². The maximum atomic E-state index is 12.4. The highest BCUT2D eigenvalue weighted by atomic mass is 32.2. The van der Waals surface area contributed by atoms with Crippen LogP contribution >= 0.6 is 11.8 Å². The molecule has 37 heavy (non-hydrogen) atoms. The zero-order valence-electron chi connectivity index (χ0n) is 21.4. The number of nitrogens with zero attached hydrogens (tertiary/aromatic N) is 6. The highest BCUT2D eigenvalue weighted by Crippen LogP contribution is 2.29. The normalized spacial score (nSPS) is 17.5. The van der Waals surface area contributed by atoms with Gasteiger partial charge in [0, 0.05) is 11.7 Å². The van der Waals surface area contributed by atoms with Gasteiger partial charge in [-0.1, -0.05) is 18.9 Å². The first-order valence-electron chi connectivity index (χ1n) is 12.1. The summed E-state index contributed by atoms with van der Waals surface area (Å²) in [6, 6.07) is 9.53. The predicted molar refractivity (Wildman–Crippen MR) is 142 cm³/mol. The second-order valence-corrected chi connectivity index (χ2v) is 10.5. The molecule has 194 valence electrons. The van der Waals surface area contributed by atoms with E-state index in [1.54, 1.807) is 12.4 Å². The number of nitriles is 1. The molecule has 11 nitrogen and oxygen atoms in total. The van der Waals surface area contributed by atoms with Gasteiger partial charge in [-0.2, -0.15) is 25.2 Å². The van der Waals surface area contributed by atoms with Crippen LogP contribution in [0.3, 0.4) is 0 Å². The number of rotatable bonds is 7. The van der Waals surface area contributed by atoms with Gasteiger partial charge in [0.25, 0.3) is 0 Å². The third kappa shape index (κ3) is 6.89. The van der Waals surface area contributed by atoms with E-state index in [9.17, 15) is 10.1 Å². The molecule has 1 fully saturated rings. The van der Waals surface area contributed by atoms with E-state index in [4.69, 9.17) is 4.74 Å². The lowest BCUT2D eigenvalue weighted by Crippen LogP contribution is -2.50. The van der Waals surface area contributed by atoms with Crippen molar-refractivity contribution in [2.75, 3.05) is 16.9 Å². The molecule has 4 rings (SSSR count). The summed E-state index contributed by atoms with van der Waals surface area (Å²) in [5.74, 6) is 0.779. The van der Waals surface area contributed by atoms with Crippen molar-refractivity contribution >= 4 is 35.3 Å². The molecule has 0 spiro atoms. The molecule has 2 atom stereocenters. The Labute approximate surface area is 220 Å². The van der Waals surface area contributed by atoms with Gasteiger partial charge in [-0.15, -0.1) is 11.8 Å². The Bertz CT molecular complexity index is 1270. The van der Waals surface area contributed by atoms with Crippen LogP contribution in [0.4, 0.5) is 22.2 Å². The van der Waals surface area contributed by atoms with Gasteiger partial charge in [-0.3, -0.25) is 0 Å². The van der Waals surface area contributed by atoms with E-state index in [0.29, 0.717) is 22.4 Å². The van der Waals surface area contributed by atoms with Crippen molar-refractivity contribution in [3.05, 3.63) is 42.2 Å². The summed E-state index contributed by atoms with van der Waals surface area (Å²) < 4.78 is 5.46. The molecule has 1 aliphatic carbocycles. The van der Waals surface area contributed by atoms with Crippen LogP contribution in [-0.4, -0.2) is 55.0 Å². The summed E-state index contributed by atoms with van der Waals surface area (Å²) in [6.45, 7) is 5.52. The molecule has 2 heterocycles. The fourth-order valence-electron chi connectivity index (χ4n) is 4.14. The summed E-state index contributed by atoms with van der Waals surface area (Å²) in [5.41, 5.74) is 1.28. The van der Waals surface area contributed by atoms with Crippen LogP contribution in [-0.2, 0) is 4.74 Å². The number of alkyl carbamates (subject to hydrolysis) is 1. The van der Waals surface area contributed by atoms with Gasteiger partial charge < -0.3 is 20.7 Å². The number of amides is 1. The van der Waals surface area contributed by atoms with Crippen LogP contribution in [0.2, 0.25) is 0 Å². The molecule has 0 unspecified atom stereocenters. The van der Waals surface area contributed by atoms with Crippen molar-refractivity contribution in [2.45, 2.75) is 69.2 Å². The van der Waals surface area contributed by atoms with Gasteiger partial charge in [0.2, 0.25) is 5.95 Å². The molecule has 0 aliphatic heterocycles. The molecule has 1 aromatic carbocycles. The molecular formula is C25H31N9O2S. The van der Waals surface area contributed by atoms with E-state index >= 15 is 0 Å². The Morgan fingerprint density at radius 1 is 1.16 bits per heavy atom. The number of aromatic nitrogens is 5. The number of carbonyl (C=O) groups excluding carboxylic acids is 1. The zero-order valence-corrected chi connectivity index (χ0v) is 22.2. The first-order chi connectivity index (χ1) is 17.8. The molecule has 1 saturated carbocycles. The quantitative estimate of drug-likeness (QED) is 0.297. The zero-order chi connectivity index (χ0) is 26.4. The number of hydrogen-bond donors (Lipinski definition) is 3. The minimum Gasteiger partial charge on any atom is -0.444 e. The van der Waals surface area contributed by atoms with Gasteiger partial charge >= 0.3 is 6.09 Å². The smallest absolute Gasteiger partial charge is 0.407 e. The van der Waals surface area contributed by atoms with Crippen LogP contribution in [0.25, 0.3) is 5.69 Å². The maximum Gasteiger partial charge on any atom is 0.407 e. The number of ether oxygens (including phenoxy) is 1. The minimum atomic E-state index is -0.573. The predicted octanol–water partition coefficient (Wildman–Crippen LogP) is 4.64. The van der Waals surface area contributed by atoms with Gasteiger partial charge in [0.15, 0.2) is 5.82 Å². The van der Waals surface area contributed by atoms with Gasteiger partial charge in [0.05, 0.1) is 24.1 Å². The number of thioether (sulfide) groups is 1. The molecule has 12 heteroatoms. The Morgan fingerprint density at radius 3 is 2.57 bits per heavy atom. The van der Waals surface area contributed by atoms with E-state index in [1.807, 2.05) is 51.3 Å². The molecular weight excluding hydrogens is 490 g/mol. The average molecular weight is 522 g/mol. The summed E-state index contributed by atoms with van der Waals surface area (Å²) >= 11 is 1.37. The van der Waals surface area contributed by atoms with Crippen LogP contribution in [0, 0.1) is 11.3 Å². The molecule has 1 amide bonds. The Kier molecular flexibility index (Phi) is 8.13. The van der Waals surface area contributed by atoms with Crippen molar-refractivity contribution < 1.29 is 9.53 Å². The lowest BCUT2D eigenvalue weighted by Gasteiger charge is -2.33. The van der Waals surface area contributed by atoms with E-state index in [2.05, 4.69) is 42.2 Å². The summed E-state index contributed by atoms with van der Waals surface area (Å²) in [7, 11) is 0. The topological polar surface area (TPSA) is 143 Å². The van der Waals surface area contributed by atoms with Crippen LogP contribution in [0.1, 0.15) is 52.0 Å². The van der Waals surface area contributed by atoms with Gasteiger partial charge in [-0.05, 0) is 58.1 Å². The second kappa shape index (κ2) is 11.5. The van der Waals surface area contributed by atoms with Crippen LogP contribution < -0.4 is 16.0 Å². The molecule has 3 aromatic rings. The summed E-state index contributed by atoms with van der Waals surface area (Å²) in [6.07, 6.45) is 8.35. The van der Waals surface area contributed by atoms with Gasteiger partial charge in [-0.25, -0.2) is 9.78 Å². The fourth-order valence-corrected chi connectivity index (χ4v) is 4.66. The second-order valence-electron chi connectivity index (χ2n) is 9.67. The highest BCUT2D eigenvalue weighted by Gasteiger charge is 2.29. The van der Waals surface area contributed by atoms with Crippen molar-refractivity contribution in [2.24, 2.45) is 0 Å². The largest absolute Gasteiger partial charge is 0.444 e. The molecule has 3 N–H and O–H groups in total. The third-order valence-corrected chi connectivity index (χ3v) is 6.40. The Hall–Kier alpha value is -3.85. The lowest BCUT2D eigenvalue weighted by atomic mass is 9.90. The minimum absolute atomic E-state index is 0.0778. The average Bonchev–Trinajstić information content (AvgIpc) is 3.39. The first kappa shape index (κ1) is 26.2. The summed E-state index contributed by atoms with van der Waals surface area (Å²) in [5, 5.41) is 28.4. The standard InChI is InChI=1S/C25H31N9O2S/c1-25(2,3)36-24(35)31-20-11-6-5-10-19(20)30-23-32-21(18(15-26)22(33-23)37-4)29-16-8-7-9-17(14-16)34-27-12-13-28-34/h7-9,12-14,19-20H,5-6,10-11H2,1-4H3,(H,31,35)(H2,29,30,32,33)/t19-,20+/m1/s1. The Balaban J connectivity index is 1.57. The molecule has 0 saturated heterocycles. The van der Waals surface area contributed by atoms with E-state index in [0.717, 1.165) is 37.1 Å². The third-order valence-electron chi connectivity index (χ3n) is 5.72. The molecule has 1 aliphatic rings. The van der Waals surface area contributed by atoms with E-state index in [-0.39, 0.29) is 12.1 Å².